The molecule has 0 aliphatic carbocycles. The molecular formula is C23H24N8OS. The fourth-order valence-corrected chi connectivity index (χ4v) is 4.78. The number of ether oxygens (including phenoxy) is 1. The molecule has 33 heavy (non-hydrogen) atoms. The second kappa shape index (κ2) is 8.28. The lowest BCUT2D eigenvalue weighted by molar-refractivity contribution is 0.398. The fraction of sp³-hybridized carbons (Fsp3) is 0.261. The van der Waals surface area contributed by atoms with Crippen molar-refractivity contribution in [1.29, 1.82) is 0 Å². The van der Waals surface area contributed by atoms with Gasteiger partial charge in [0.1, 0.15) is 16.3 Å². The minimum atomic E-state index is 0.294. The quantitative estimate of drug-likeness (QED) is 0.381. The molecule has 0 spiro atoms. The first-order valence-electron chi connectivity index (χ1n) is 10.6. The molecule has 0 saturated heterocycles. The van der Waals surface area contributed by atoms with Crippen LogP contribution in [0, 0.1) is 6.92 Å². The van der Waals surface area contributed by atoms with Crippen LogP contribution in [0.15, 0.2) is 43.0 Å². The van der Waals surface area contributed by atoms with E-state index >= 15 is 0 Å². The summed E-state index contributed by atoms with van der Waals surface area (Å²) in [6.07, 6.45) is 7.33. The number of imidazole rings is 1. The van der Waals surface area contributed by atoms with Gasteiger partial charge in [0.2, 0.25) is 5.88 Å². The van der Waals surface area contributed by atoms with Crippen LogP contribution in [0.4, 0.5) is 11.5 Å². The lowest BCUT2D eigenvalue weighted by Gasteiger charge is -2.10. The normalized spacial score (nSPS) is 11.5. The third-order valence-electron chi connectivity index (χ3n) is 5.39. The Morgan fingerprint density at radius 3 is 2.64 bits per heavy atom. The summed E-state index contributed by atoms with van der Waals surface area (Å²) < 4.78 is 9.15. The number of aryl methyl sites for hydroxylation is 2. The zero-order valence-electron chi connectivity index (χ0n) is 19.1. The van der Waals surface area contributed by atoms with Crippen molar-refractivity contribution in [2.24, 2.45) is 7.05 Å². The molecule has 5 rings (SSSR count). The molecule has 0 unspecified atom stereocenters. The summed E-state index contributed by atoms with van der Waals surface area (Å²) in [6, 6.07) is 6.05. The van der Waals surface area contributed by atoms with E-state index in [0.29, 0.717) is 29.4 Å². The highest BCUT2D eigenvalue weighted by molar-refractivity contribution is 7.22. The van der Waals surface area contributed by atoms with Crippen LogP contribution in [0.25, 0.3) is 32.4 Å². The second-order valence-corrected chi connectivity index (χ2v) is 8.98. The number of aromatic nitrogens is 7. The lowest BCUT2D eigenvalue weighted by atomic mass is 10.1. The van der Waals surface area contributed by atoms with Gasteiger partial charge in [-0.05, 0) is 38.5 Å². The molecule has 10 heteroatoms. The third-order valence-corrected chi connectivity index (χ3v) is 6.60. The second-order valence-electron chi connectivity index (χ2n) is 7.98. The molecule has 0 amide bonds. The van der Waals surface area contributed by atoms with E-state index in [1.54, 1.807) is 30.8 Å². The van der Waals surface area contributed by atoms with Crippen molar-refractivity contribution >= 4 is 33.1 Å². The van der Waals surface area contributed by atoms with Gasteiger partial charge >= 0.3 is 0 Å². The first-order chi connectivity index (χ1) is 15.9. The van der Waals surface area contributed by atoms with Gasteiger partial charge in [-0.15, -0.1) is 11.3 Å². The molecule has 0 radical (unpaired) electrons. The Labute approximate surface area is 195 Å². The van der Waals surface area contributed by atoms with Crippen molar-refractivity contribution < 1.29 is 4.74 Å². The van der Waals surface area contributed by atoms with Gasteiger partial charge in [0.05, 0.1) is 17.4 Å². The van der Waals surface area contributed by atoms with Crippen LogP contribution in [0.1, 0.15) is 25.5 Å². The summed E-state index contributed by atoms with van der Waals surface area (Å²) in [7, 11) is 3.53. The number of methoxy groups -OCH3 is 1. The Hall–Kier alpha value is -3.79. The molecule has 1 N–H and O–H groups in total. The highest BCUT2D eigenvalue weighted by Gasteiger charge is 2.21. The zero-order valence-corrected chi connectivity index (χ0v) is 19.9. The molecule has 0 saturated carbocycles. The van der Waals surface area contributed by atoms with E-state index in [-0.39, 0.29) is 0 Å². The van der Waals surface area contributed by atoms with E-state index in [2.05, 4.69) is 36.1 Å². The maximum absolute atomic E-state index is 5.28. The number of fused-ring (bicyclic) bond motifs is 1. The standard InChI is InChI=1S/C23H24N8OS/c1-13(2)31-10-7-16(29-31)19-14(3)18-20(26-15-6-8-24-17(12-15)32-5)27-21(28-23(18)33-19)22-25-9-11-30(22)4/h6-13H,1-5H3,(H,24,26,27,28). The van der Waals surface area contributed by atoms with Crippen molar-refractivity contribution in [1.82, 2.24) is 34.3 Å². The van der Waals surface area contributed by atoms with Crippen LogP contribution < -0.4 is 10.1 Å². The Bertz CT molecular complexity index is 1450. The predicted octanol–water partition coefficient (Wildman–Crippen LogP) is 4.99. The lowest BCUT2D eigenvalue weighted by Crippen LogP contribution is -2.02. The minimum absolute atomic E-state index is 0.294. The van der Waals surface area contributed by atoms with Gasteiger partial charge in [-0.25, -0.2) is 19.9 Å². The predicted molar refractivity (Wildman–Crippen MR) is 130 cm³/mol. The molecule has 0 aromatic carbocycles. The Morgan fingerprint density at radius 1 is 1.09 bits per heavy atom. The Balaban J connectivity index is 1.69. The largest absolute Gasteiger partial charge is 0.481 e. The highest BCUT2D eigenvalue weighted by atomic mass is 32.1. The van der Waals surface area contributed by atoms with E-state index in [9.17, 15) is 0 Å². The molecule has 5 heterocycles. The van der Waals surface area contributed by atoms with Gasteiger partial charge in [-0.2, -0.15) is 5.10 Å². The molecule has 0 bridgehead atoms. The molecule has 0 atom stereocenters. The van der Waals surface area contributed by atoms with Gasteiger partial charge in [-0.1, -0.05) is 0 Å². The number of hydrogen-bond acceptors (Lipinski definition) is 8. The van der Waals surface area contributed by atoms with Crippen molar-refractivity contribution in [2.75, 3.05) is 12.4 Å². The first kappa shape index (κ1) is 21.1. The third kappa shape index (κ3) is 3.82. The van der Waals surface area contributed by atoms with Crippen molar-refractivity contribution in [2.45, 2.75) is 26.8 Å². The van der Waals surface area contributed by atoms with Crippen LogP contribution >= 0.6 is 11.3 Å². The van der Waals surface area contributed by atoms with Crippen LogP contribution in [0.5, 0.6) is 5.88 Å². The maximum atomic E-state index is 5.28. The number of thiophene rings is 1. The first-order valence-corrected chi connectivity index (χ1v) is 11.4. The number of hydrogen-bond donors (Lipinski definition) is 1. The summed E-state index contributed by atoms with van der Waals surface area (Å²) in [6.45, 7) is 6.32. The maximum Gasteiger partial charge on any atom is 0.214 e. The number of nitrogens with one attached hydrogen (secondary N) is 1. The fourth-order valence-electron chi connectivity index (χ4n) is 3.64. The average molecular weight is 461 g/mol. The summed E-state index contributed by atoms with van der Waals surface area (Å²) in [5.74, 6) is 2.48. The van der Waals surface area contributed by atoms with Gasteiger partial charge in [0, 0.05) is 49.6 Å². The zero-order chi connectivity index (χ0) is 23.1. The van der Waals surface area contributed by atoms with E-state index in [1.165, 1.54) is 0 Å². The molecular weight excluding hydrogens is 436 g/mol. The van der Waals surface area contributed by atoms with Crippen LogP contribution in [0.3, 0.4) is 0 Å². The van der Waals surface area contributed by atoms with Crippen molar-refractivity contribution in [3.05, 3.63) is 48.5 Å². The van der Waals surface area contributed by atoms with Crippen LogP contribution in [0.2, 0.25) is 0 Å². The van der Waals surface area contributed by atoms with Gasteiger partial charge < -0.3 is 14.6 Å². The number of anilines is 2. The SMILES string of the molecule is COc1cc(Nc2nc(-c3nccn3C)nc3sc(-c4ccn(C(C)C)n4)c(C)c23)ccn1. The Kier molecular flexibility index (Phi) is 5.29. The highest BCUT2D eigenvalue weighted by Crippen LogP contribution is 2.41. The minimum Gasteiger partial charge on any atom is -0.481 e. The summed E-state index contributed by atoms with van der Waals surface area (Å²) in [5.41, 5.74) is 2.84. The number of rotatable bonds is 6. The molecule has 5 aromatic rings. The topological polar surface area (TPSA) is 95.6 Å². The van der Waals surface area contributed by atoms with E-state index in [4.69, 9.17) is 19.8 Å². The van der Waals surface area contributed by atoms with E-state index in [1.807, 2.05) is 46.9 Å². The molecule has 168 valence electrons. The summed E-state index contributed by atoms with van der Waals surface area (Å²) in [5, 5.41) is 9.18. The number of nitrogens with zero attached hydrogens (tertiary/aromatic N) is 7. The summed E-state index contributed by atoms with van der Waals surface area (Å²) in [4.78, 5) is 20.3. The molecule has 0 aliphatic rings. The average Bonchev–Trinajstić information content (AvgIpc) is 3.52. The number of pyridine rings is 1. The molecule has 0 aliphatic heterocycles. The monoisotopic (exact) mass is 460 g/mol. The van der Waals surface area contributed by atoms with Gasteiger partial charge in [0.25, 0.3) is 0 Å². The van der Waals surface area contributed by atoms with E-state index in [0.717, 1.165) is 32.0 Å². The van der Waals surface area contributed by atoms with Crippen LogP contribution in [-0.2, 0) is 7.05 Å². The van der Waals surface area contributed by atoms with Gasteiger partial charge in [-0.3, -0.25) is 4.68 Å². The summed E-state index contributed by atoms with van der Waals surface area (Å²) >= 11 is 1.61. The Morgan fingerprint density at radius 2 is 1.94 bits per heavy atom. The molecule has 5 aromatic heterocycles. The van der Waals surface area contributed by atoms with Gasteiger partial charge in [0.15, 0.2) is 11.6 Å². The molecule has 0 fully saturated rings. The molecule has 9 nitrogen and oxygen atoms in total. The van der Waals surface area contributed by atoms with E-state index < -0.39 is 0 Å². The van der Waals surface area contributed by atoms with Crippen molar-refractivity contribution in [3.63, 3.8) is 0 Å². The van der Waals surface area contributed by atoms with Crippen molar-refractivity contribution in [3.8, 4) is 28.1 Å². The smallest absolute Gasteiger partial charge is 0.214 e. The van der Waals surface area contributed by atoms with Crippen LogP contribution in [-0.4, -0.2) is 41.4 Å².